The first kappa shape index (κ1) is 10.8. The first-order valence-corrected chi connectivity index (χ1v) is 5.55. The zero-order valence-electron chi connectivity index (χ0n) is 8.53. The van der Waals surface area contributed by atoms with E-state index in [0.29, 0.717) is 5.56 Å². The lowest BCUT2D eigenvalue weighted by Gasteiger charge is -2.03. The zero-order valence-corrected chi connectivity index (χ0v) is 9.34. The molecule has 1 aromatic heterocycles. The number of benzene rings is 1. The molecule has 0 atom stereocenters. The van der Waals surface area contributed by atoms with Crippen molar-refractivity contribution in [1.82, 2.24) is 0 Å². The highest BCUT2D eigenvalue weighted by Gasteiger charge is 2.15. The molecule has 16 heavy (non-hydrogen) atoms. The Balaban J connectivity index is 2.58. The molecule has 0 saturated carbocycles. The summed E-state index contributed by atoms with van der Waals surface area (Å²) in [5.74, 6) is -1.92. The Kier molecular flexibility index (Phi) is 2.75. The van der Waals surface area contributed by atoms with E-state index in [2.05, 4.69) is 0 Å². The minimum atomic E-state index is -1.24. The van der Waals surface area contributed by atoms with Crippen LogP contribution in [0.4, 0.5) is 4.39 Å². The molecule has 0 spiro atoms. The summed E-state index contributed by atoms with van der Waals surface area (Å²) < 4.78 is 13.8. The van der Waals surface area contributed by atoms with Gasteiger partial charge in [-0.2, -0.15) is 0 Å². The van der Waals surface area contributed by atoms with Gasteiger partial charge in [0.2, 0.25) is 0 Å². The van der Waals surface area contributed by atoms with E-state index in [9.17, 15) is 9.18 Å². The molecule has 0 unspecified atom stereocenters. The maximum atomic E-state index is 13.8. The Hall–Kier alpha value is -1.68. The van der Waals surface area contributed by atoms with E-state index in [1.165, 1.54) is 17.4 Å². The molecular weight excluding hydrogens is 227 g/mol. The van der Waals surface area contributed by atoms with Crippen molar-refractivity contribution < 1.29 is 14.3 Å². The van der Waals surface area contributed by atoms with Gasteiger partial charge < -0.3 is 5.11 Å². The van der Waals surface area contributed by atoms with Crippen molar-refractivity contribution in [1.29, 1.82) is 0 Å². The van der Waals surface area contributed by atoms with Gasteiger partial charge in [-0.25, -0.2) is 9.18 Å². The van der Waals surface area contributed by atoms with Gasteiger partial charge in [0.05, 0.1) is 5.56 Å². The second-order valence-corrected chi connectivity index (χ2v) is 4.53. The average Bonchev–Trinajstić information content (AvgIpc) is 2.64. The quantitative estimate of drug-likeness (QED) is 0.865. The largest absolute Gasteiger partial charge is 0.478 e. The SMILES string of the molecule is Cc1cc(-c2cccc(C(=O)O)c2F)cs1. The molecule has 0 aliphatic rings. The van der Waals surface area contributed by atoms with Gasteiger partial charge in [0, 0.05) is 10.4 Å². The third-order valence-electron chi connectivity index (χ3n) is 2.27. The molecule has 2 aromatic rings. The second-order valence-electron chi connectivity index (χ2n) is 3.42. The van der Waals surface area contributed by atoms with Crippen LogP contribution < -0.4 is 0 Å². The molecule has 82 valence electrons. The van der Waals surface area contributed by atoms with Crippen LogP contribution in [0.15, 0.2) is 29.6 Å². The van der Waals surface area contributed by atoms with Crippen molar-refractivity contribution in [2.45, 2.75) is 6.92 Å². The Morgan fingerprint density at radius 2 is 2.19 bits per heavy atom. The van der Waals surface area contributed by atoms with Gasteiger partial charge in [-0.15, -0.1) is 11.3 Å². The van der Waals surface area contributed by atoms with Gasteiger partial charge in [-0.05, 0) is 30.0 Å². The van der Waals surface area contributed by atoms with Crippen LogP contribution in [-0.2, 0) is 0 Å². The Bertz CT molecular complexity index is 546. The van der Waals surface area contributed by atoms with E-state index in [-0.39, 0.29) is 5.56 Å². The maximum Gasteiger partial charge on any atom is 0.338 e. The second kappa shape index (κ2) is 4.06. The Morgan fingerprint density at radius 1 is 1.44 bits per heavy atom. The highest BCUT2D eigenvalue weighted by Crippen LogP contribution is 2.28. The molecule has 0 aliphatic heterocycles. The van der Waals surface area contributed by atoms with E-state index >= 15 is 0 Å². The van der Waals surface area contributed by atoms with Crippen LogP contribution >= 0.6 is 11.3 Å². The third-order valence-corrected chi connectivity index (χ3v) is 3.13. The van der Waals surface area contributed by atoms with Crippen molar-refractivity contribution in [2.75, 3.05) is 0 Å². The third kappa shape index (κ3) is 1.84. The predicted molar refractivity (Wildman–Crippen MR) is 61.4 cm³/mol. The summed E-state index contributed by atoms with van der Waals surface area (Å²) in [6.45, 7) is 1.92. The van der Waals surface area contributed by atoms with Gasteiger partial charge in [0.15, 0.2) is 0 Å². The Labute approximate surface area is 96.0 Å². The molecule has 0 radical (unpaired) electrons. The number of hydrogen-bond donors (Lipinski definition) is 1. The van der Waals surface area contributed by atoms with E-state index in [4.69, 9.17) is 5.11 Å². The minimum Gasteiger partial charge on any atom is -0.478 e. The predicted octanol–water partition coefficient (Wildman–Crippen LogP) is 3.56. The number of thiophene rings is 1. The molecule has 0 saturated heterocycles. The van der Waals surface area contributed by atoms with Crippen molar-refractivity contribution in [2.24, 2.45) is 0 Å². The van der Waals surface area contributed by atoms with E-state index in [0.717, 1.165) is 10.4 Å². The van der Waals surface area contributed by atoms with Crippen molar-refractivity contribution in [3.63, 3.8) is 0 Å². The number of halogens is 1. The summed E-state index contributed by atoms with van der Waals surface area (Å²) in [5.41, 5.74) is 0.772. The lowest BCUT2D eigenvalue weighted by atomic mass is 10.0. The van der Waals surface area contributed by atoms with Crippen LogP contribution in [0.2, 0.25) is 0 Å². The van der Waals surface area contributed by atoms with Gasteiger partial charge in [-0.1, -0.05) is 12.1 Å². The fourth-order valence-corrected chi connectivity index (χ4v) is 2.21. The van der Waals surface area contributed by atoms with Crippen LogP contribution in [0.3, 0.4) is 0 Å². The number of aryl methyl sites for hydroxylation is 1. The molecular formula is C12H9FO2S. The van der Waals surface area contributed by atoms with Gasteiger partial charge in [0.25, 0.3) is 0 Å². The fourth-order valence-electron chi connectivity index (χ4n) is 1.50. The maximum absolute atomic E-state index is 13.8. The summed E-state index contributed by atoms with van der Waals surface area (Å²) in [7, 11) is 0. The fraction of sp³-hybridized carbons (Fsp3) is 0.0833. The van der Waals surface area contributed by atoms with E-state index < -0.39 is 11.8 Å². The van der Waals surface area contributed by atoms with Gasteiger partial charge in [0.1, 0.15) is 5.82 Å². The highest BCUT2D eigenvalue weighted by molar-refractivity contribution is 7.10. The minimum absolute atomic E-state index is 0.290. The number of rotatable bonds is 2. The summed E-state index contributed by atoms with van der Waals surface area (Å²) in [4.78, 5) is 11.8. The topological polar surface area (TPSA) is 37.3 Å². The van der Waals surface area contributed by atoms with Gasteiger partial charge >= 0.3 is 5.97 Å². The smallest absolute Gasteiger partial charge is 0.338 e. The Morgan fingerprint density at radius 3 is 2.75 bits per heavy atom. The molecule has 0 fully saturated rings. The molecule has 1 N–H and O–H groups in total. The zero-order chi connectivity index (χ0) is 11.7. The number of carbonyl (C=O) groups is 1. The van der Waals surface area contributed by atoms with Crippen LogP contribution in [0.25, 0.3) is 11.1 Å². The van der Waals surface area contributed by atoms with Crippen molar-refractivity contribution in [3.8, 4) is 11.1 Å². The normalized spacial score (nSPS) is 10.4. The molecule has 1 aromatic carbocycles. The lowest BCUT2D eigenvalue weighted by molar-refractivity contribution is 0.0692. The first-order valence-electron chi connectivity index (χ1n) is 4.67. The molecule has 0 bridgehead atoms. The number of hydrogen-bond acceptors (Lipinski definition) is 2. The lowest BCUT2D eigenvalue weighted by Crippen LogP contribution is -2.01. The molecule has 2 nitrogen and oxygen atoms in total. The van der Waals surface area contributed by atoms with Crippen LogP contribution in [0, 0.1) is 12.7 Å². The summed E-state index contributed by atoms with van der Waals surface area (Å²) in [6, 6.07) is 6.24. The summed E-state index contributed by atoms with van der Waals surface area (Å²) in [6.07, 6.45) is 0. The van der Waals surface area contributed by atoms with E-state index in [1.54, 1.807) is 12.1 Å². The van der Waals surface area contributed by atoms with Crippen LogP contribution in [0.1, 0.15) is 15.2 Å². The van der Waals surface area contributed by atoms with Gasteiger partial charge in [-0.3, -0.25) is 0 Å². The van der Waals surface area contributed by atoms with E-state index in [1.807, 2.05) is 18.4 Å². The highest BCUT2D eigenvalue weighted by atomic mass is 32.1. The van der Waals surface area contributed by atoms with Crippen molar-refractivity contribution in [3.05, 3.63) is 45.9 Å². The molecule has 1 heterocycles. The van der Waals surface area contributed by atoms with Crippen LogP contribution in [0.5, 0.6) is 0 Å². The number of carboxylic acid groups (broad SMARTS) is 1. The summed E-state index contributed by atoms with van der Waals surface area (Å²) in [5, 5.41) is 10.6. The molecule has 2 rings (SSSR count). The molecule has 0 amide bonds. The average molecular weight is 236 g/mol. The first-order chi connectivity index (χ1) is 7.59. The van der Waals surface area contributed by atoms with Crippen molar-refractivity contribution >= 4 is 17.3 Å². The molecule has 4 heteroatoms. The molecule has 0 aliphatic carbocycles. The monoisotopic (exact) mass is 236 g/mol. The summed E-state index contributed by atoms with van der Waals surface area (Å²) >= 11 is 1.51. The standard InChI is InChI=1S/C12H9FO2S/c1-7-5-8(6-16-7)9-3-2-4-10(11(9)13)12(14)15/h2-6H,1H3,(H,14,15). The number of carboxylic acids is 1. The van der Waals surface area contributed by atoms with Crippen LogP contribution in [-0.4, -0.2) is 11.1 Å². The number of aromatic carboxylic acids is 1.